The number of carbonyl (C=O) groups is 1. The third-order valence-corrected chi connectivity index (χ3v) is 5.81. The Morgan fingerprint density at radius 3 is 2.91 bits per heavy atom. The highest BCUT2D eigenvalue weighted by atomic mass is 32.1. The molecule has 2 saturated heterocycles. The van der Waals surface area contributed by atoms with E-state index in [-0.39, 0.29) is 5.91 Å². The zero-order valence-electron chi connectivity index (χ0n) is 13.3. The molecule has 0 N–H and O–H groups in total. The molecule has 0 unspecified atom stereocenters. The summed E-state index contributed by atoms with van der Waals surface area (Å²) in [5, 5.41) is 2.12. The highest BCUT2D eigenvalue weighted by Gasteiger charge is 2.46. The van der Waals surface area contributed by atoms with E-state index >= 15 is 0 Å². The zero-order chi connectivity index (χ0) is 15.8. The fraction of sp³-hybridized carbons (Fsp3) is 0.444. The van der Waals surface area contributed by atoms with Crippen molar-refractivity contribution in [3.8, 4) is 0 Å². The van der Waals surface area contributed by atoms with Crippen molar-refractivity contribution in [2.75, 3.05) is 6.54 Å². The number of thiophene rings is 1. The third-order valence-electron chi connectivity index (χ3n) is 4.95. The Balaban J connectivity index is 1.48. The Labute approximate surface area is 140 Å². The predicted octanol–water partition coefficient (Wildman–Crippen LogP) is 2.83. The van der Waals surface area contributed by atoms with E-state index in [0.717, 1.165) is 30.9 Å². The van der Waals surface area contributed by atoms with Gasteiger partial charge in [-0.05, 0) is 36.9 Å². The van der Waals surface area contributed by atoms with Gasteiger partial charge in [0, 0.05) is 42.2 Å². The van der Waals surface area contributed by atoms with Gasteiger partial charge in [0.2, 0.25) is 5.91 Å². The lowest BCUT2D eigenvalue weighted by Gasteiger charge is -2.25. The molecular weight excluding hydrogens is 306 g/mol. The van der Waals surface area contributed by atoms with Crippen LogP contribution in [-0.4, -0.2) is 39.3 Å². The molecule has 0 aliphatic carbocycles. The molecule has 2 aromatic heterocycles. The number of likely N-dealkylation sites (tertiary alicyclic amines) is 2. The Morgan fingerprint density at radius 2 is 2.13 bits per heavy atom. The Hall–Kier alpha value is -1.72. The minimum Gasteiger partial charge on any atom is -0.332 e. The lowest BCUT2D eigenvalue weighted by molar-refractivity contribution is -0.129. The zero-order valence-corrected chi connectivity index (χ0v) is 14.1. The molecule has 2 fully saturated rings. The normalized spacial score (nSPS) is 24.4. The molecule has 1 amide bonds. The molecule has 4 heterocycles. The molecule has 2 aromatic rings. The quantitative estimate of drug-likeness (QED) is 0.866. The van der Waals surface area contributed by atoms with Gasteiger partial charge in [-0.15, -0.1) is 11.3 Å². The van der Waals surface area contributed by atoms with Gasteiger partial charge in [0.15, 0.2) is 0 Å². The molecule has 2 atom stereocenters. The largest absolute Gasteiger partial charge is 0.332 e. The van der Waals surface area contributed by atoms with E-state index in [1.165, 1.54) is 4.88 Å². The SMILES string of the molecule is Cc1cccc(CN2C(=O)C[C@H]3[C@H]2CCN3Cc2cccs2)n1. The third kappa shape index (κ3) is 2.91. The van der Waals surface area contributed by atoms with E-state index in [9.17, 15) is 4.79 Å². The van der Waals surface area contributed by atoms with Crippen LogP contribution in [0.2, 0.25) is 0 Å². The van der Waals surface area contributed by atoms with E-state index in [1.54, 1.807) is 11.3 Å². The van der Waals surface area contributed by atoms with E-state index in [4.69, 9.17) is 0 Å². The fourth-order valence-electron chi connectivity index (χ4n) is 3.88. The molecule has 5 heteroatoms. The molecule has 4 rings (SSSR count). The average Bonchev–Trinajstić information content (AvgIpc) is 3.22. The summed E-state index contributed by atoms with van der Waals surface area (Å²) in [6, 6.07) is 11.0. The summed E-state index contributed by atoms with van der Waals surface area (Å²) in [5.74, 6) is 0.277. The number of hydrogen-bond acceptors (Lipinski definition) is 4. The summed E-state index contributed by atoms with van der Waals surface area (Å²) < 4.78 is 0. The number of aryl methyl sites for hydroxylation is 1. The molecule has 4 nitrogen and oxygen atoms in total. The fourth-order valence-corrected chi connectivity index (χ4v) is 4.61. The van der Waals surface area contributed by atoms with Crippen molar-refractivity contribution in [3.05, 3.63) is 52.0 Å². The van der Waals surface area contributed by atoms with Gasteiger partial charge in [0.1, 0.15) is 0 Å². The van der Waals surface area contributed by atoms with Crippen molar-refractivity contribution in [3.63, 3.8) is 0 Å². The van der Waals surface area contributed by atoms with Gasteiger partial charge >= 0.3 is 0 Å². The van der Waals surface area contributed by atoms with Crippen molar-refractivity contribution >= 4 is 17.2 Å². The maximum absolute atomic E-state index is 12.5. The molecule has 0 bridgehead atoms. The van der Waals surface area contributed by atoms with Gasteiger partial charge < -0.3 is 4.90 Å². The number of hydrogen-bond donors (Lipinski definition) is 0. The van der Waals surface area contributed by atoms with Crippen LogP contribution in [-0.2, 0) is 17.9 Å². The van der Waals surface area contributed by atoms with Crippen LogP contribution in [0.3, 0.4) is 0 Å². The van der Waals surface area contributed by atoms with E-state index in [2.05, 4.69) is 32.3 Å². The summed E-state index contributed by atoms with van der Waals surface area (Å²) in [6.07, 6.45) is 1.73. The monoisotopic (exact) mass is 327 g/mol. The van der Waals surface area contributed by atoms with Crippen LogP contribution in [0.4, 0.5) is 0 Å². The highest BCUT2D eigenvalue weighted by molar-refractivity contribution is 7.09. The lowest BCUT2D eigenvalue weighted by atomic mass is 10.1. The van der Waals surface area contributed by atoms with Crippen LogP contribution in [0, 0.1) is 6.92 Å². The number of amides is 1. The van der Waals surface area contributed by atoms with Gasteiger partial charge in [-0.2, -0.15) is 0 Å². The minimum atomic E-state index is 0.277. The number of fused-ring (bicyclic) bond motifs is 1. The first-order valence-electron chi connectivity index (χ1n) is 8.19. The van der Waals surface area contributed by atoms with E-state index in [0.29, 0.717) is 25.0 Å². The standard InChI is InChI=1S/C18H21N3OS/c1-13-4-2-5-14(19-13)11-21-16-7-8-20(17(16)10-18(21)22)12-15-6-3-9-23-15/h2-6,9,16-17H,7-8,10-12H2,1H3/t16-,17+/m1/s1. The van der Waals surface area contributed by atoms with Crippen molar-refractivity contribution in [1.82, 2.24) is 14.8 Å². The van der Waals surface area contributed by atoms with Crippen LogP contribution in [0.5, 0.6) is 0 Å². The van der Waals surface area contributed by atoms with Gasteiger partial charge in [-0.1, -0.05) is 12.1 Å². The second-order valence-corrected chi connectivity index (χ2v) is 7.50. The molecule has 0 spiro atoms. The van der Waals surface area contributed by atoms with Gasteiger partial charge in [-0.3, -0.25) is 14.7 Å². The molecule has 120 valence electrons. The topological polar surface area (TPSA) is 36.4 Å². The Kier molecular flexibility index (Phi) is 3.91. The van der Waals surface area contributed by atoms with Crippen molar-refractivity contribution in [2.24, 2.45) is 0 Å². The Bertz CT molecular complexity index is 700. The maximum atomic E-state index is 12.5. The van der Waals surface area contributed by atoms with Crippen LogP contribution >= 0.6 is 11.3 Å². The number of pyridine rings is 1. The molecule has 23 heavy (non-hydrogen) atoms. The summed E-state index contributed by atoms with van der Waals surface area (Å²) in [6.45, 7) is 4.70. The number of aromatic nitrogens is 1. The van der Waals surface area contributed by atoms with Gasteiger partial charge in [-0.25, -0.2) is 0 Å². The molecule has 0 radical (unpaired) electrons. The van der Waals surface area contributed by atoms with E-state index < -0.39 is 0 Å². The van der Waals surface area contributed by atoms with Crippen LogP contribution in [0.1, 0.15) is 29.1 Å². The van der Waals surface area contributed by atoms with Crippen LogP contribution in [0.25, 0.3) is 0 Å². The van der Waals surface area contributed by atoms with E-state index in [1.807, 2.05) is 25.1 Å². The Morgan fingerprint density at radius 1 is 1.22 bits per heavy atom. The first-order valence-corrected chi connectivity index (χ1v) is 9.07. The van der Waals surface area contributed by atoms with Crippen molar-refractivity contribution in [2.45, 2.75) is 44.9 Å². The average molecular weight is 327 g/mol. The molecule has 2 aliphatic heterocycles. The second-order valence-electron chi connectivity index (χ2n) is 6.47. The minimum absolute atomic E-state index is 0.277. The van der Waals surface area contributed by atoms with Crippen molar-refractivity contribution < 1.29 is 4.79 Å². The maximum Gasteiger partial charge on any atom is 0.224 e. The smallest absolute Gasteiger partial charge is 0.224 e. The lowest BCUT2D eigenvalue weighted by Crippen LogP contribution is -2.36. The van der Waals surface area contributed by atoms with Gasteiger partial charge in [0.25, 0.3) is 0 Å². The molecule has 0 saturated carbocycles. The summed E-state index contributed by atoms with van der Waals surface area (Å²) in [7, 11) is 0. The molecular formula is C18H21N3OS. The first-order chi connectivity index (χ1) is 11.2. The van der Waals surface area contributed by atoms with Crippen LogP contribution in [0.15, 0.2) is 35.7 Å². The summed E-state index contributed by atoms with van der Waals surface area (Å²) in [5.41, 5.74) is 2.01. The van der Waals surface area contributed by atoms with Crippen LogP contribution < -0.4 is 0 Å². The number of rotatable bonds is 4. The second kappa shape index (κ2) is 6.06. The first kappa shape index (κ1) is 14.8. The predicted molar refractivity (Wildman–Crippen MR) is 91.1 cm³/mol. The summed E-state index contributed by atoms with van der Waals surface area (Å²) >= 11 is 1.80. The highest BCUT2D eigenvalue weighted by Crippen LogP contribution is 2.34. The van der Waals surface area contributed by atoms with Crippen molar-refractivity contribution in [1.29, 1.82) is 0 Å². The van der Waals surface area contributed by atoms with Gasteiger partial charge in [0.05, 0.1) is 12.2 Å². The molecule has 2 aliphatic rings. The number of nitrogens with zero attached hydrogens (tertiary/aromatic N) is 3. The molecule has 0 aromatic carbocycles. The number of carbonyl (C=O) groups excluding carboxylic acids is 1. The summed E-state index contributed by atoms with van der Waals surface area (Å²) in [4.78, 5) is 23.0.